The summed E-state index contributed by atoms with van der Waals surface area (Å²) in [5, 5.41) is 0. The van der Waals surface area contributed by atoms with Gasteiger partial charge in [0.1, 0.15) is 13.2 Å². The molecule has 0 rings (SSSR count). The van der Waals surface area contributed by atoms with Gasteiger partial charge in [-0.15, -0.1) is 0 Å². The highest BCUT2D eigenvalue weighted by Crippen LogP contribution is 2.17. The Morgan fingerprint density at radius 1 is 0.296 bits per heavy atom. The third-order valence-electron chi connectivity index (χ3n) is 13.2. The Bertz CT molecular complexity index is 1320. The summed E-state index contributed by atoms with van der Waals surface area (Å²) < 4.78 is 16.8. The number of carbonyl (C=O) groups excluding carboxylic acids is 3. The number of hydrogen-bond acceptors (Lipinski definition) is 6. The van der Waals surface area contributed by atoms with Crippen molar-refractivity contribution in [3.8, 4) is 0 Å². The highest BCUT2D eigenvalue weighted by atomic mass is 16.6. The minimum absolute atomic E-state index is 0.0943. The average Bonchev–Trinajstić information content (AvgIpc) is 3.37. The summed E-state index contributed by atoms with van der Waals surface area (Å²) in [6, 6.07) is 0. The molecule has 0 heterocycles. The van der Waals surface area contributed by atoms with Gasteiger partial charge in [0.05, 0.1) is 0 Å². The van der Waals surface area contributed by atoms with E-state index in [-0.39, 0.29) is 37.5 Å². The molecule has 0 amide bonds. The zero-order valence-corrected chi connectivity index (χ0v) is 47.0. The van der Waals surface area contributed by atoms with E-state index in [4.69, 9.17) is 14.2 Å². The summed E-state index contributed by atoms with van der Waals surface area (Å²) in [5.74, 6) is -0.966. The second-order valence-electron chi connectivity index (χ2n) is 20.2. The van der Waals surface area contributed by atoms with Crippen LogP contribution < -0.4 is 0 Å². The van der Waals surface area contributed by atoms with Gasteiger partial charge in [-0.25, -0.2) is 0 Å². The fraction of sp³-hybridized carbons (Fsp3) is 0.769. The van der Waals surface area contributed by atoms with E-state index in [9.17, 15) is 14.4 Å². The standard InChI is InChI=1S/C65H114O6/c1-4-7-10-13-16-19-22-25-28-30-32-34-37-40-43-46-49-52-55-58-64(67)70-61-62(60-69-63(66)57-54-51-48-45-42-39-36-27-24-21-18-15-12-9-6-3)71-65(68)59-56-53-50-47-44-41-38-35-33-31-29-26-23-20-17-14-11-8-5-2/h7,10,16,19,25,28,32,34,40,43,49,52,62H,4-6,8-9,11-15,17-18,20-24,26-27,29-31,33,35-39,41-42,44-48,50-51,53-61H2,1-3H3/b10-7+,19-16+,28-25+,34-32+,43-40+,52-49+/t62-/m1/s1. The summed E-state index contributed by atoms with van der Waals surface area (Å²) >= 11 is 0. The van der Waals surface area contributed by atoms with Crippen LogP contribution in [0.2, 0.25) is 0 Å². The molecule has 71 heavy (non-hydrogen) atoms. The molecule has 0 aromatic carbocycles. The topological polar surface area (TPSA) is 78.9 Å². The van der Waals surface area contributed by atoms with Gasteiger partial charge in [0, 0.05) is 19.3 Å². The zero-order chi connectivity index (χ0) is 51.4. The Morgan fingerprint density at radius 2 is 0.549 bits per heavy atom. The lowest BCUT2D eigenvalue weighted by molar-refractivity contribution is -0.166. The number of rotatable bonds is 55. The van der Waals surface area contributed by atoms with Crippen LogP contribution in [0.15, 0.2) is 72.9 Å². The molecular formula is C65H114O6. The largest absolute Gasteiger partial charge is 0.462 e. The lowest BCUT2D eigenvalue weighted by atomic mass is 10.0. The van der Waals surface area contributed by atoms with Crippen molar-refractivity contribution in [3.63, 3.8) is 0 Å². The first-order chi connectivity index (χ1) is 35.0. The van der Waals surface area contributed by atoms with Crippen molar-refractivity contribution in [1.82, 2.24) is 0 Å². The zero-order valence-electron chi connectivity index (χ0n) is 47.0. The fourth-order valence-electron chi connectivity index (χ4n) is 8.71. The van der Waals surface area contributed by atoms with E-state index in [2.05, 4.69) is 87.6 Å². The molecule has 0 radical (unpaired) electrons. The van der Waals surface area contributed by atoms with Crippen molar-refractivity contribution in [2.75, 3.05) is 13.2 Å². The quantitative estimate of drug-likeness (QED) is 0.0261. The maximum Gasteiger partial charge on any atom is 0.306 e. The Labute approximate surface area is 440 Å². The van der Waals surface area contributed by atoms with Gasteiger partial charge in [0.15, 0.2) is 6.10 Å². The van der Waals surface area contributed by atoms with Gasteiger partial charge in [-0.2, -0.15) is 0 Å². The van der Waals surface area contributed by atoms with Gasteiger partial charge >= 0.3 is 17.9 Å². The molecule has 410 valence electrons. The van der Waals surface area contributed by atoms with E-state index in [1.54, 1.807) is 0 Å². The highest BCUT2D eigenvalue weighted by molar-refractivity contribution is 5.71. The Hall–Kier alpha value is -3.15. The first-order valence-electron chi connectivity index (χ1n) is 30.4. The van der Waals surface area contributed by atoms with Crippen LogP contribution >= 0.6 is 0 Å². The molecule has 0 saturated heterocycles. The van der Waals surface area contributed by atoms with Crippen molar-refractivity contribution in [1.29, 1.82) is 0 Å². The molecule has 0 N–H and O–H groups in total. The highest BCUT2D eigenvalue weighted by Gasteiger charge is 2.19. The molecule has 0 bridgehead atoms. The molecule has 6 nitrogen and oxygen atoms in total. The van der Waals surface area contributed by atoms with Crippen molar-refractivity contribution in [2.24, 2.45) is 0 Å². The maximum absolute atomic E-state index is 12.9. The molecule has 0 aliphatic carbocycles. The SMILES string of the molecule is CC/C=C/C/C=C/C/C=C/C/C=C/C/C=C/C/C=C/CCC(=O)OC[C@@H](COC(=O)CCCCCCCCCCCCCCCCC)OC(=O)CCCCCCCCCCCCCCCCCCCCC. The molecule has 0 unspecified atom stereocenters. The fourth-order valence-corrected chi connectivity index (χ4v) is 8.71. The van der Waals surface area contributed by atoms with Crippen molar-refractivity contribution >= 4 is 17.9 Å². The normalized spacial score (nSPS) is 12.5. The molecule has 0 aromatic heterocycles. The van der Waals surface area contributed by atoms with Crippen LogP contribution in [0.25, 0.3) is 0 Å². The van der Waals surface area contributed by atoms with Crippen LogP contribution in [0.1, 0.15) is 303 Å². The summed E-state index contributed by atoms with van der Waals surface area (Å²) in [6.07, 6.45) is 76.2. The van der Waals surface area contributed by atoms with E-state index in [0.29, 0.717) is 19.3 Å². The Balaban J connectivity index is 4.44. The first-order valence-corrected chi connectivity index (χ1v) is 30.4. The second kappa shape index (κ2) is 59.4. The molecule has 0 spiro atoms. The second-order valence-corrected chi connectivity index (χ2v) is 20.2. The predicted molar refractivity (Wildman–Crippen MR) is 307 cm³/mol. The van der Waals surface area contributed by atoms with Gasteiger partial charge in [-0.05, 0) is 57.8 Å². The number of unbranched alkanes of at least 4 members (excludes halogenated alkanes) is 32. The smallest absolute Gasteiger partial charge is 0.306 e. The third kappa shape index (κ3) is 57.6. The van der Waals surface area contributed by atoms with Gasteiger partial charge in [0.2, 0.25) is 0 Å². The monoisotopic (exact) mass is 991 g/mol. The summed E-state index contributed by atoms with van der Waals surface area (Å²) in [5.41, 5.74) is 0. The van der Waals surface area contributed by atoms with Gasteiger partial charge < -0.3 is 14.2 Å². The lowest BCUT2D eigenvalue weighted by Gasteiger charge is -2.18. The molecule has 1 atom stereocenters. The van der Waals surface area contributed by atoms with E-state index in [0.717, 1.165) is 77.0 Å². The number of allylic oxidation sites excluding steroid dienone is 12. The van der Waals surface area contributed by atoms with Crippen LogP contribution in [0.3, 0.4) is 0 Å². The maximum atomic E-state index is 12.9. The van der Waals surface area contributed by atoms with Crippen molar-refractivity contribution in [3.05, 3.63) is 72.9 Å². The predicted octanol–water partition coefficient (Wildman–Crippen LogP) is 20.5. The first kappa shape index (κ1) is 67.8. The van der Waals surface area contributed by atoms with Crippen molar-refractivity contribution < 1.29 is 28.6 Å². The number of ether oxygens (including phenoxy) is 3. The number of esters is 3. The van der Waals surface area contributed by atoms with E-state index in [1.165, 1.54) is 180 Å². The third-order valence-corrected chi connectivity index (χ3v) is 13.2. The van der Waals surface area contributed by atoms with Gasteiger partial charge in [-0.3, -0.25) is 14.4 Å². The molecule has 0 saturated carbocycles. The summed E-state index contributed by atoms with van der Waals surface area (Å²) in [7, 11) is 0. The molecule has 0 aromatic rings. The Kier molecular flexibility index (Phi) is 56.8. The molecule has 0 fully saturated rings. The molecule has 6 heteroatoms. The summed E-state index contributed by atoms with van der Waals surface area (Å²) in [6.45, 7) is 6.50. The minimum Gasteiger partial charge on any atom is -0.462 e. The average molecular weight is 992 g/mol. The van der Waals surface area contributed by atoms with Crippen LogP contribution in [0.4, 0.5) is 0 Å². The van der Waals surface area contributed by atoms with Crippen LogP contribution in [-0.4, -0.2) is 37.2 Å². The molecular weight excluding hydrogens is 877 g/mol. The summed E-state index contributed by atoms with van der Waals surface area (Å²) in [4.78, 5) is 38.2. The van der Waals surface area contributed by atoms with E-state index in [1.807, 2.05) is 6.08 Å². The van der Waals surface area contributed by atoms with E-state index < -0.39 is 6.10 Å². The molecule has 0 aliphatic rings. The number of hydrogen-bond donors (Lipinski definition) is 0. The van der Waals surface area contributed by atoms with Gasteiger partial charge in [-0.1, -0.05) is 299 Å². The lowest BCUT2D eigenvalue weighted by Crippen LogP contribution is -2.30. The molecule has 0 aliphatic heterocycles. The van der Waals surface area contributed by atoms with Gasteiger partial charge in [0.25, 0.3) is 0 Å². The Morgan fingerprint density at radius 3 is 0.859 bits per heavy atom. The van der Waals surface area contributed by atoms with Crippen LogP contribution in [0, 0.1) is 0 Å². The minimum atomic E-state index is -0.803. The van der Waals surface area contributed by atoms with Crippen molar-refractivity contribution in [2.45, 2.75) is 309 Å². The van der Waals surface area contributed by atoms with Crippen LogP contribution in [-0.2, 0) is 28.6 Å². The van der Waals surface area contributed by atoms with Crippen LogP contribution in [0.5, 0.6) is 0 Å². The van der Waals surface area contributed by atoms with E-state index >= 15 is 0 Å². The number of carbonyl (C=O) groups is 3.